The van der Waals surface area contributed by atoms with E-state index in [1.165, 1.54) is 0 Å². The summed E-state index contributed by atoms with van der Waals surface area (Å²) < 4.78 is 11.7. The molecule has 1 aromatic carbocycles. The molecule has 0 aliphatic carbocycles. The van der Waals surface area contributed by atoms with Crippen molar-refractivity contribution < 1.29 is 9.47 Å². The topological polar surface area (TPSA) is 34.6 Å². The van der Waals surface area contributed by atoms with Crippen molar-refractivity contribution in [1.82, 2.24) is 4.98 Å². The molecule has 0 atom stereocenters. The second kappa shape index (κ2) is 7.00. The predicted molar refractivity (Wildman–Crippen MR) is 98.1 cm³/mol. The first-order valence-electron chi connectivity index (χ1n) is 8.43. The van der Waals surface area contributed by atoms with Crippen molar-refractivity contribution >= 4 is 28.1 Å². The molecule has 0 bridgehead atoms. The fourth-order valence-electron chi connectivity index (χ4n) is 3.43. The SMILES string of the molecule is Clc1ccccc1-c1csc(N2CCOC3(CCOCC3)CC2)n1. The van der Waals surface area contributed by atoms with Crippen molar-refractivity contribution in [3.05, 3.63) is 34.7 Å². The summed E-state index contributed by atoms with van der Waals surface area (Å²) in [6.45, 7) is 4.25. The summed E-state index contributed by atoms with van der Waals surface area (Å²) in [7, 11) is 0. The van der Waals surface area contributed by atoms with E-state index >= 15 is 0 Å². The first-order valence-corrected chi connectivity index (χ1v) is 9.69. The van der Waals surface area contributed by atoms with Gasteiger partial charge in [0.15, 0.2) is 5.13 Å². The molecule has 0 saturated carbocycles. The number of nitrogens with zero attached hydrogens (tertiary/aromatic N) is 2. The van der Waals surface area contributed by atoms with Crippen LogP contribution in [0.1, 0.15) is 19.3 Å². The van der Waals surface area contributed by atoms with Gasteiger partial charge in [-0.05, 0) is 25.3 Å². The molecule has 1 spiro atoms. The van der Waals surface area contributed by atoms with Gasteiger partial charge in [-0.2, -0.15) is 0 Å². The molecule has 2 aliphatic heterocycles. The molecular weight excluding hydrogens is 344 g/mol. The number of hydrogen-bond donors (Lipinski definition) is 0. The van der Waals surface area contributed by atoms with Gasteiger partial charge in [0.25, 0.3) is 0 Å². The van der Waals surface area contributed by atoms with Crippen molar-refractivity contribution in [2.75, 3.05) is 37.8 Å². The Morgan fingerprint density at radius 2 is 1.92 bits per heavy atom. The van der Waals surface area contributed by atoms with Crippen LogP contribution in [0.25, 0.3) is 11.3 Å². The number of thiazole rings is 1. The van der Waals surface area contributed by atoms with Crippen LogP contribution in [0.3, 0.4) is 0 Å². The Bertz CT molecular complexity index is 700. The van der Waals surface area contributed by atoms with Crippen LogP contribution in [-0.2, 0) is 9.47 Å². The van der Waals surface area contributed by atoms with E-state index in [1.54, 1.807) is 11.3 Å². The smallest absolute Gasteiger partial charge is 0.185 e. The van der Waals surface area contributed by atoms with Crippen LogP contribution in [0.15, 0.2) is 29.6 Å². The molecule has 2 aromatic rings. The first kappa shape index (κ1) is 16.3. The second-order valence-corrected chi connectivity index (χ2v) is 7.62. The van der Waals surface area contributed by atoms with Crippen LogP contribution in [-0.4, -0.2) is 43.5 Å². The highest BCUT2D eigenvalue weighted by atomic mass is 35.5. The third-order valence-corrected chi connectivity index (χ3v) is 6.15. The lowest BCUT2D eigenvalue weighted by Gasteiger charge is -2.35. The van der Waals surface area contributed by atoms with Gasteiger partial charge in [-0.15, -0.1) is 11.3 Å². The maximum atomic E-state index is 6.30. The third kappa shape index (κ3) is 3.31. The third-order valence-electron chi connectivity index (χ3n) is 4.92. The fourth-order valence-corrected chi connectivity index (χ4v) is 4.54. The number of anilines is 1. The van der Waals surface area contributed by atoms with Crippen LogP contribution < -0.4 is 4.90 Å². The van der Waals surface area contributed by atoms with Crippen molar-refractivity contribution in [2.24, 2.45) is 0 Å². The summed E-state index contributed by atoms with van der Waals surface area (Å²) in [6, 6.07) is 7.86. The second-order valence-electron chi connectivity index (χ2n) is 6.38. The molecule has 0 radical (unpaired) electrons. The van der Waals surface area contributed by atoms with Crippen LogP contribution >= 0.6 is 22.9 Å². The summed E-state index contributed by atoms with van der Waals surface area (Å²) in [6.07, 6.45) is 3.05. The maximum Gasteiger partial charge on any atom is 0.185 e. The number of halogens is 1. The highest BCUT2D eigenvalue weighted by Crippen LogP contribution is 2.35. The maximum absolute atomic E-state index is 6.30. The zero-order chi connectivity index (χ0) is 16.4. The molecular formula is C18H21ClN2O2S. The summed E-state index contributed by atoms with van der Waals surface area (Å²) in [5, 5.41) is 3.89. The molecule has 0 amide bonds. The lowest BCUT2D eigenvalue weighted by Crippen LogP contribution is -2.39. The van der Waals surface area contributed by atoms with E-state index < -0.39 is 0 Å². The monoisotopic (exact) mass is 364 g/mol. The Labute approximate surface area is 151 Å². The zero-order valence-electron chi connectivity index (χ0n) is 13.5. The van der Waals surface area contributed by atoms with E-state index in [2.05, 4.69) is 10.3 Å². The predicted octanol–water partition coefficient (Wildman–Crippen LogP) is 4.24. The summed E-state index contributed by atoms with van der Waals surface area (Å²) in [5.74, 6) is 0. The lowest BCUT2D eigenvalue weighted by molar-refractivity contribution is -0.105. The van der Waals surface area contributed by atoms with Gasteiger partial charge >= 0.3 is 0 Å². The molecule has 4 rings (SSSR count). The minimum atomic E-state index is 0.00975. The first-order chi connectivity index (χ1) is 11.8. The Hall–Kier alpha value is -1.14. The average Bonchev–Trinajstić information content (AvgIpc) is 3.00. The summed E-state index contributed by atoms with van der Waals surface area (Å²) in [5.41, 5.74) is 1.95. The van der Waals surface area contributed by atoms with Gasteiger partial charge in [-0.1, -0.05) is 29.8 Å². The van der Waals surface area contributed by atoms with Gasteiger partial charge in [0.05, 0.1) is 17.9 Å². The quantitative estimate of drug-likeness (QED) is 0.798. The fraction of sp³-hybridized carbons (Fsp3) is 0.500. The van der Waals surface area contributed by atoms with Crippen LogP contribution in [0.4, 0.5) is 5.13 Å². The summed E-state index contributed by atoms with van der Waals surface area (Å²) in [4.78, 5) is 7.16. The van der Waals surface area contributed by atoms with E-state index in [9.17, 15) is 0 Å². The van der Waals surface area contributed by atoms with E-state index in [0.717, 1.165) is 73.6 Å². The molecule has 0 unspecified atom stereocenters. The highest BCUT2D eigenvalue weighted by Gasteiger charge is 2.36. The van der Waals surface area contributed by atoms with Crippen LogP contribution in [0, 0.1) is 0 Å². The number of benzene rings is 1. The van der Waals surface area contributed by atoms with Gasteiger partial charge < -0.3 is 14.4 Å². The molecule has 1 aromatic heterocycles. The Morgan fingerprint density at radius 1 is 1.08 bits per heavy atom. The van der Waals surface area contributed by atoms with Gasteiger partial charge in [0.2, 0.25) is 0 Å². The van der Waals surface area contributed by atoms with E-state index in [-0.39, 0.29) is 5.60 Å². The molecule has 2 saturated heterocycles. The molecule has 128 valence electrons. The minimum absolute atomic E-state index is 0.00975. The Balaban J connectivity index is 1.50. The van der Waals surface area contributed by atoms with Gasteiger partial charge in [-0.25, -0.2) is 4.98 Å². The van der Waals surface area contributed by atoms with Gasteiger partial charge in [0.1, 0.15) is 0 Å². The number of rotatable bonds is 2. The standard InChI is InChI=1S/C18H21ClN2O2S/c19-15-4-2-1-3-14(15)16-13-24-17(20-16)21-8-5-18(23-12-9-21)6-10-22-11-7-18/h1-4,13H,5-12H2. The average molecular weight is 365 g/mol. The lowest BCUT2D eigenvalue weighted by atomic mass is 9.90. The van der Waals surface area contributed by atoms with E-state index in [1.807, 2.05) is 24.3 Å². The van der Waals surface area contributed by atoms with Gasteiger partial charge in [-0.3, -0.25) is 0 Å². The molecule has 3 heterocycles. The van der Waals surface area contributed by atoms with Crippen molar-refractivity contribution in [3.63, 3.8) is 0 Å². The normalized spacial score (nSPS) is 21.0. The number of aromatic nitrogens is 1. The molecule has 0 N–H and O–H groups in total. The number of hydrogen-bond acceptors (Lipinski definition) is 5. The molecule has 4 nitrogen and oxygen atoms in total. The van der Waals surface area contributed by atoms with E-state index in [4.69, 9.17) is 26.1 Å². The van der Waals surface area contributed by atoms with Gasteiger partial charge in [0, 0.05) is 42.3 Å². The summed E-state index contributed by atoms with van der Waals surface area (Å²) >= 11 is 7.98. The highest BCUT2D eigenvalue weighted by molar-refractivity contribution is 7.14. The zero-order valence-corrected chi connectivity index (χ0v) is 15.1. The Kier molecular flexibility index (Phi) is 4.77. The Morgan fingerprint density at radius 3 is 2.75 bits per heavy atom. The molecule has 24 heavy (non-hydrogen) atoms. The minimum Gasteiger partial charge on any atom is -0.381 e. The number of ether oxygens (including phenoxy) is 2. The molecule has 2 aliphatic rings. The van der Waals surface area contributed by atoms with Crippen LogP contribution in [0.5, 0.6) is 0 Å². The molecule has 2 fully saturated rings. The van der Waals surface area contributed by atoms with Crippen molar-refractivity contribution in [3.8, 4) is 11.3 Å². The van der Waals surface area contributed by atoms with Crippen molar-refractivity contribution in [1.29, 1.82) is 0 Å². The van der Waals surface area contributed by atoms with E-state index in [0.29, 0.717) is 0 Å². The molecule has 6 heteroatoms. The van der Waals surface area contributed by atoms with Crippen molar-refractivity contribution in [2.45, 2.75) is 24.9 Å². The largest absolute Gasteiger partial charge is 0.381 e. The van der Waals surface area contributed by atoms with Crippen LogP contribution in [0.2, 0.25) is 5.02 Å².